The van der Waals surface area contributed by atoms with Crippen LogP contribution in [0.5, 0.6) is 0 Å². The minimum Gasteiger partial charge on any atom is -0.387 e. The quantitative estimate of drug-likeness (QED) is 0.844. The van der Waals surface area contributed by atoms with E-state index in [-0.39, 0.29) is 5.82 Å². The van der Waals surface area contributed by atoms with E-state index >= 15 is 0 Å². The lowest BCUT2D eigenvalue weighted by molar-refractivity contribution is 0.0482. The lowest BCUT2D eigenvalue weighted by Crippen LogP contribution is -2.48. The summed E-state index contributed by atoms with van der Waals surface area (Å²) in [6.45, 7) is 4.46. The smallest absolute Gasteiger partial charge is 0.123 e. The molecular weight excluding hydrogens is 319 g/mol. The summed E-state index contributed by atoms with van der Waals surface area (Å²) in [5, 5.41) is 20.6. The monoisotopic (exact) mass is 344 g/mol. The minimum atomic E-state index is -0.683. The van der Waals surface area contributed by atoms with Gasteiger partial charge in [0, 0.05) is 39.3 Å². The Morgan fingerprint density at radius 1 is 0.760 bits per heavy atom. The fourth-order valence-electron chi connectivity index (χ4n) is 3.24. The van der Waals surface area contributed by atoms with Crippen LogP contribution in [0.15, 0.2) is 54.6 Å². The van der Waals surface area contributed by atoms with Gasteiger partial charge < -0.3 is 10.2 Å². The Morgan fingerprint density at radius 2 is 1.28 bits per heavy atom. The summed E-state index contributed by atoms with van der Waals surface area (Å²) >= 11 is 0. The van der Waals surface area contributed by atoms with Gasteiger partial charge in [-0.05, 0) is 23.3 Å². The van der Waals surface area contributed by atoms with Crippen molar-refractivity contribution in [2.45, 2.75) is 12.2 Å². The highest BCUT2D eigenvalue weighted by molar-refractivity contribution is 5.19. The van der Waals surface area contributed by atoms with E-state index in [1.807, 2.05) is 30.3 Å². The number of rotatable bonds is 6. The van der Waals surface area contributed by atoms with Gasteiger partial charge in [0.25, 0.3) is 0 Å². The molecule has 1 heterocycles. The zero-order chi connectivity index (χ0) is 17.6. The van der Waals surface area contributed by atoms with Gasteiger partial charge in [0.1, 0.15) is 5.82 Å². The SMILES string of the molecule is O[C@H](CN1CCN(C[C@H](O)c2cccc(F)c2)CC1)c1ccccc1. The lowest BCUT2D eigenvalue weighted by Gasteiger charge is -2.36. The van der Waals surface area contributed by atoms with E-state index in [2.05, 4.69) is 9.80 Å². The van der Waals surface area contributed by atoms with Crippen LogP contribution in [0, 0.1) is 5.82 Å². The van der Waals surface area contributed by atoms with Gasteiger partial charge in [-0.3, -0.25) is 9.80 Å². The summed E-state index contributed by atoms with van der Waals surface area (Å²) in [5.74, 6) is -0.323. The Morgan fingerprint density at radius 3 is 1.84 bits per heavy atom. The van der Waals surface area contributed by atoms with Crippen molar-refractivity contribution < 1.29 is 14.6 Å². The van der Waals surface area contributed by atoms with E-state index in [4.69, 9.17) is 0 Å². The number of aliphatic hydroxyl groups is 2. The van der Waals surface area contributed by atoms with Gasteiger partial charge in [-0.2, -0.15) is 0 Å². The lowest BCUT2D eigenvalue weighted by atomic mass is 10.1. The number of hydrogen-bond donors (Lipinski definition) is 2. The molecule has 2 N–H and O–H groups in total. The molecule has 3 rings (SSSR count). The Kier molecular flexibility index (Phi) is 6.15. The molecule has 0 saturated carbocycles. The number of β-amino-alcohol motifs (C(OH)–C–C–N with tert-alkyl or cyclic N) is 2. The number of piperazine rings is 1. The van der Waals surface area contributed by atoms with Crippen molar-refractivity contribution in [1.82, 2.24) is 9.80 Å². The third kappa shape index (κ3) is 5.09. The average Bonchev–Trinajstić information content (AvgIpc) is 2.64. The van der Waals surface area contributed by atoms with Crippen molar-refractivity contribution in [1.29, 1.82) is 0 Å². The molecule has 1 aliphatic heterocycles. The van der Waals surface area contributed by atoms with Crippen molar-refractivity contribution in [2.75, 3.05) is 39.3 Å². The summed E-state index contributed by atoms with van der Waals surface area (Å²) in [6.07, 6.45) is -1.16. The first-order chi connectivity index (χ1) is 12.1. The van der Waals surface area contributed by atoms with Crippen LogP contribution in [-0.4, -0.2) is 59.3 Å². The molecule has 0 unspecified atom stereocenters. The Bertz CT molecular complexity index is 660. The van der Waals surface area contributed by atoms with Crippen molar-refractivity contribution in [3.8, 4) is 0 Å². The van der Waals surface area contributed by atoms with Gasteiger partial charge in [0.15, 0.2) is 0 Å². The Hall–Kier alpha value is -1.79. The number of halogens is 1. The Balaban J connectivity index is 1.45. The van der Waals surface area contributed by atoms with Gasteiger partial charge in [-0.25, -0.2) is 4.39 Å². The maximum absolute atomic E-state index is 13.3. The van der Waals surface area contributed by atoms with Gasteiger partial charge in [-0.15, -0.1) is 0 Å². The molecule has 134 valence electrons. The molecule has 0 bridgehead atoms. The molecule has 0 spiro atoms. The predicted molar refractivity (Wildman–Crippen MR) is 95.6 cm³/mol. The number of hydrogen-bond acceptors (Lipinski definition) is 4. The molecule has 25 heavy (non-hydrogen) atoms. The molecule has 2 aromatic rings. The van der Waals surface area contributed by atoms with Crippen LogP contribution in [0.25, 0.3) is 0 Å². The topological polar surface area (TPSA) is 46.9 Å². The summed E-state index contributed by atoms with van der Waals surface area (Å²) in [6, 6.07) is 15.8. The van der Waals surface area contributed by atoms with Gasteiger partial charge in [-0.1, -0.05) is 42.5 Å². The molecule has 2 atom stereocenters. The van der Waals surface area contributed by atoms with E-state index in [0.717, 1.165) is 31.7 Å². The third-order valence-corrected chi connectivity index (χ3v) is 4.74. The molecule has 0 aliphatic carbocycles. The molecular formula is C20H25FN2O2. The third-order valence-electron chi connectivity index (χ3n) is 4.74. The van der Waals surface area contributed by atoms with E-state index in [9.17, 15) is 14.6 Å². The summed E-state index contributed by atoms with van der Waals surface area (Å²) in [4.78, 5) is 4.42. The molecule has 0 radical (unpaired) electrons. The summed E-state index contributed by atoms with van der Waals surface area (Å²) in [7, 11) is 0. The van der Waals surface area contributed by atoms with Crippen molar-refractivity contribution in [3.05, 3.63) is 71.5 Å². The molecule has 1 fully saturated rings. The molecule has 0 amide bonds. The van der Waals surface area contributed by atoms with E-state index in [1.54, 1.807) is 12.1 Å². The number of aliphatic hydroxyl groups excluding tert-OH is 2. The predicted octanol–water partition coefficient (Wildman–Crippen LogP) is 2.21. The molecule has 2 aromatic carbocycles. The van der Waals surface area contributed by atoms with Crippen LogP contribution in [0.2, 0.25) is 0 Å². The number of nitrogens with zero attached hydrogens (tertiary/aromatic N) is 2. The zero-order valence-electron chi connectivity index (χ0n) is 14.3. The molecule has 0 aromatic heterocycles. The second kappa shape index (κ2) is 8.54. The standard InChI is InChI=1S/C20H25FN2O2/c21-18-8-4-7-17(13-18)20(25)15-23-11-9-22(10-12-23)14-19(24)16-5-2-1-3-6-16/h1-8,13,19-20,24-25H,9-12,14-15H2/t19-,20+/m1/s1. The van der Waals surface area contributed by atoms with Crippen LogP contribution < -0.4 is 0 Å². The number of benzene rings is 2. The van der Waals surface area contributed by atoms with Crippen LogP contribution >= 0.6 is 0 Å². The molecule has 1 saturated heterocycles. The van der Waals surface area contributed by atoms with Gasteiger partial charge in [0.2, 0.25) is 0 Å². The zero-order valence-corrected chi connectivity index (χ0v) is 14.3. The van der Waals surface area contributed by atoms with Gasteiger partial charge in [0.05, 0.1) is 12.2 Å². The molecule has 5 heteroatoms. The minimum absolute atomic E-state index is 0.323. The van der Waals surface area contributed by atoms with Crippen LogP contribution in [-0.2, 0) is 0 Å². The maximum Gasteiger partial charge on any atom is 0.123 e. The summed E-state index contributed by atoms with van der Waals surface area (Å²) in [5.41, 5.74) is 1.55. The van der Waals surface area contributed by atoms with Crippen LogP contribution in [0.1, 0.15) is 23.3 Å². The van der Waals surface area contributed by atoms with E-state index in [0.29, 0.717) is 18.7 Å². The average molecular weight is 344 g/mol. The van der Waals surface area contributed by atoms with Crippen molar-refractivity contribution in [3.63, 3.8) is 0 Å². The van der Waals surface area contributed by atoms with Gasteiger partial charge >= 0.3 is 0 Å². The molecule has 1 aliphatic rings. The first kappa shape index (κ1) is 18.0. The normalized spacial score (nSPS) is 18.8. The highest BCUT2D eigenvalue weighted by atomic mass is 19.1. The van der Waals surface area contributed by atoms with E-state index in [1.165, 1.54) is 12.1 Å². The van der Waals surface area contributed by atoms with Crippen LogP contribution in [0.4, 0.5) is 4.39 Å². The fraction of sp³-hybridized carbons (Fsp3) is 0.400. The van der Waals surface area contributed by atoms with Crippen LogP contribution in [0.3, 0.4) is 0 Å². The maximum atomic E-state index is 13.3. The van der Waals surface area contributed by atoms with Crippen molar-refractivity contribution in [2.24, 2.45) is 0 Å². The molecule has 4 nitrogen and oxygen atoms in total. The van der Waals surface area contributed by atoms with Crippen molar-refractivity contribution >= 4 is 0 Å². The highest BCUT2D eigenvalue weighted by Crippen LogP contribution is 2.18. The largest absolute Gasteiger partial charge is 0.387 e. The Labute approximate surface area is 148 Å². The second-order valence-corrected chi connectivity index (χ2v) is 6.60. The second-order valence-electron chi connectivity index (χ2n) is 6.60. The summed E-state index contributed by atoms with van der Waals surface area (Å²) < 4.78 is 13.3. The highest BCUT2D eigenvalue weighted by Gasteiger charge is 2.22. The fourth-order valence-corrected chi connectivity index (χ4v) is 3.24. The first-order valence-electron chi connectivity index (χ1n) is 8.73. The van der Waals surface area contributed by atoms with E-state index < -0.39 is 12.2 Å². The first-order valence-corrected chi connectivity index (χ1v) is 8.73.